The minimum atomic E-state index is -0.747. The van der Waals surface area contributed by atoms with Crippen molar-refractivity contribution in [1.29, 1.82) is 0 Å². The number of ether oxygens (including phenoxy) is 1. The van der Waals surface area contributed by atoms with Crippen molar-refractivity contribution in [2.75, 3.05) is 6.61 Å². The fourth-order valence-corrected chi connectivity index (χ4v) is 0.680. The Balaban J connectivity index is 2.95. The Morgan fingerprint density at radius 3 is 3.08 bits per heavy atom. The third-order valence-corrected chi connectivity index (χ3v) is 1.16. The van der Waals surface area contributed by atoms with E-state index in [1.165, 1.54) is 18.3 Å². The van der Waals surface area contributed by atoms with E-state index in [9.17, 15) is 9.59 Å². The molecule has 1 rings (SSSR count). The molecule has 12 heavy (non-hydrogen) atoms. The van der Waals surface area contributed by atoms with Crippen LogP contribution in [-0.2, 0) is 4.74 Å². The van der Waals surface area contributed by atoms with E-state index < -0.39 is 11.7 Å². The summed E-state index contributed by atoms with van der Waals surface area (Å²) in [6.45, 7) is 1.88. The largest absolute Gasteiger partial charge is 0.448 e. The number of nitrogens with zero attached hydrogens (tertiary/aromatic N) is 2. The summed E-state index contributed by atoms with van der Waals surface area (Å²) >= 11 is 0. The van der Waals surface area contributed by atoms with E-state index in [1.807, 2.05) is 0 Å². The van der Waals surface area contributed by atoms with Crippen LogP contribution in [0.5, 0.6) is 0 Å². The maximum Gasteiger partial charge on any atom is 0.438 e. The van der Waals surface area contributed by atoms with Crippen molar-refractivity contribution in [3.05, 3.63) is 28.7 Å². The van der Waals surface area contributed by atoms with Gasteiger partial charge in [-0.05, 0) is 13.0 Å². The van der Waals surface area contributed by atoms with Gasteiger partial charge in [-0.2, -0.15) is 5.10 Å². The molecular formula is C7H8N2O3. The summed E-state index contributed by atoms with van der Waals surface area (Å²) in [4.78, 5) is 21.9. The predicted octanol–water partition coefficient (Wildman–Crippen LogP) is 0.248. The van der Waals surface area contributed by atoms with Gasteiger partial charge < -0.3 is 4.74 Å². The molecule has 0 unspecified atom stereocenters. The molecule has 0 aliphatic heterocycles. The molecule has 0 aromatic carbocycles. The third kappa shape index (κ3) is 1.69. The van der Waals surface area contributed by atoms with Crippen LogP contribution in [0, 0.1) is 0 Å². The van der Waals surface area contributed by atoms with Crippen molar-refractivity contribution in [3.63, 3.8) is 0 Å². The standard InChI is InChI=1S/C7H8N2O3/c1-2-12-7(11)9-6(10)4-3-5-8-9/h3-5H,2H2,1H3. The Morgan fingerprint density at radius 2 is 2.50 bits per heavy atom. The third-order valence-electron chi connectivity index (χ3n) is 1.16. The maximum absolute atomic E-state index is 10.9. The van der Waals surface area contributed by atoms with E-state index in [2.05, 4.69) is 9.84 Å². The van der Waals surface area contributed by atoms with Crippen molar-refractivity contribution in [1.82, 2.24) is 9.78 Å². The van der Waals surface area contributed by atoms with Crippen LogP contribution in [0.25, 0.3) is 0 Å². The second-order valence-electron chi connectivity index (χ2n) is 1.97. The van der Waals surface area contributed by atoms with Crippen LogP contribution in [0.3, 0.4) is 0 Å². The van der Waals surface area contributed by atoms with E-state index >= 15 is 0 Å². The van der Waals surface area contributed by atoms with Crippen LogP contribution in [0.2, 0.25) is 0 Å². The highest BCUT2D eigenvalue weighted by molar-refractivity contribution is 5.68. The quantitative estimate of drug-likeness (QED) is 0.603. The molecule has 5 heteroatoms. The smallest absolute Gasteiger partial charge is 0.438 e. The van der Waals surface area contributed by atoms with Crippen molar-refractivity contribution in [2.45, 2.75) is 6.92 Å². The molecule has 0 saturated carbocycles. The Labute approximate surface area is 68.6 Å². The molecule has 0 bridgehead atoms. The van der Waals surface area contributed by atoms with Crippen LogP contribution >= 0.6 is 0 Å². The Morgan fingerprint density at radius 1 is 1.75 bits per heavy atom. The van der Waals surface area contributed by atoms with Gasteiger partial charge in [0.05, 0.1) is 6.61 Å². The Kier molecular flexibility index (Phi) is 2.57. The summed E-state index contributed by atoms with van der Waals surface area (Å²) in [7, 11) is 0. The van der Waals surface area contributed by atoms with Gasteiger partial charge in [-0.25, -0.2) is 4.79 Å². The first-order valence-corrected chi connectivity index (χ1v) is 3.47. The van der Waals surface area contributed by atoms with Crippen molar-refractivity contribution in [2.24, 2.45) is 0 Å². The van der Waals surface area contributed by atoms with E-state index in [0.717, 1.165) is 0 Å². The van der Waals surface area contributed by atoms with Gasteiger partial charge in [0.25, 0.3) is 5.56 Å². The molecule has 0 radical (unpaired) electrons. The predicted molar refractivity (Wildman–Crippen MR) is 40.9 cm³/mol. The summed E-state index contributed by atoms with van der Waals surface area (Å²) in [6.07, 6.45) is 0.598. The van der Waals surface area contributed by atoms with Crippen LogP contribution in [0.15, 0.2) is 23.1 Å². The average Bonchev–Trinajstić information content (AvgIpc) is 2.05. The van der Waals surface area contributed by atoms with Crippen LogP contribution in [0.4, 0.5) is 4.79 Å². The zero-order valence-corrected chi connectivity index (χ0v) is 6.56. The normalized spacial score (nSPS) is 9.42. The number of carbonyl (C=O) groups is 1. The van der Waals surface area contributed by atoms with Gasteiger partial charge in [-0.1, -0.05) is 0 Å². The summed E-state index contributed by atoms with van der Waals surface area (Å²) in [5.41, 5.74) is -0.490. The molecule has 0 aliphatic rings. The van der Waals surface area contributed by atoms with Gasteiger partial charge in [0.2, 0.25) is 0 Å². The average molecular weight is 168 g/mol. The molecule has 0 atom stereocenters. The number of hydrogen-bond donors (Lipinski definition) is 0. The molecule has 0 spiro atoms. The second kappa shape index (κ2) is 3.66. The Hall–Kier alpha value is -1.65. The Bertz CT molecular complexity index is 331. The minimum absolute atomic E-state index is 0.224. The summed E-state index contributed by atoms with van der Waals surface area (Å²) < 4.78 is 5.24. The first-order chi connectivity index (χ1) is 5.75. The second-order valence-corrected chi connectivity index (χ2v) is 1.97. The van der Waals surface area contributed by atoms with E-state index in [0.29, 0.717) is 4.68 Å². The summed E-state index contributed by atoms with van der Waals surface area (Å²) in [5, 5.41) is 3.53. The molecule has 0 fully saturated rings. The molecular weight excluding hydrogens is 160 g/mol. The molecule has 0 saturated heterocycles. The van der Waals surface area contributed by atoms with E-state index in [1.54, 1.807) is 6.92 Å². The fraction of sp³-hybridized carbons (Fsp3) is 0.286. The number of rotatable bonds is 1. The van der Waals surface area contributed by atoms with Crippen molar-refractivity contribution in [3.8, 4) is 0 Å². The highest BCUT2D eigenvalue weighted by atomic mass is 16.6. The number of hydrogen-bond acceptors (Lipinski definition) is 4. The summed E-state index contributed by atoms with van der Waals surface area (Å²) in [5.74, 6) is 0. The molecule has 5 nitrogen and oxygen atoms in total. The van der Waals surface area contributed by atoms with Gasteiger partial charge in [0.15, 0.2) is 0 Å². The number of carbonyl (C=O) groups excluding carboxylic acids is 1. The monoisotopic (exact) mass is 168 g/mol. The molecule has 0 amide bonds. The molecule has 1 aromatic heterocycles. The lowest BCUT2D eigenvalue weighted by Crippen LogP contribution is -2.29. The highest BCUT2D eigenvalue weighted by Gasteiger charge is 2.06. The van der Waals surface area contributed by atoms with Crippen molar-refractivity contribution >= 4 is 6.09 Å². The highest BCUT2D eigenvalue weighted by Crippen LogP contribution is 1.81. The number of aromatic nitrogens is 2. The fourth-order valence-electron chi connectivity index (χ4n) is 0.680. The van der Waals surface area contributed by atoms with Gasteiger partial charge in [-0.3, -0.25) is 4.79 Å². The first kappa shape index (κ1) is 8.45. The topological polar surface area (TPSA) is 61.2 Å². The molecule has 64 valence electrons. The minimum Gasteiger partial charge on any atom is -0.448 e. The molecule has 1 aromatic rings. The molecule has 0 aliphatic carbocycles. The lowest BCUT2D eigenvalue weighted by Gasteiger charge is -2.00. The van der Waals surface area contributed by atoms with Crippen molar-refractivity contribution < 1.29 is 9.53 Å². The van der Waals surface area contributed by atoms with Crippen LogP contribution in [0.1, 0.15) is 6.92 Å². The molecule has 1 heterocycles. The van der Waals surface area contributed by atoms with E-state index in [-0.39, 0.29) is 6.61 Å². The van der Waals surface area contributed by atoms with Gasteiger partial charge in [0.1, 0.15) is 0 Å². The van der Waals surface area contributed by atoms with E-state index in [4.69, 9.17) is 0 Å². The van der Waals surface area contributed by atoms with Gasteiger partial charge in [0, 0.05) is 12.3 Å². The maximum atomic E-state index is 10.9. The van der Waals surface area contributed by atoms with Gasteiger partial charge in [-0.15, -0.1) is 4.68 Å². The lowest BCUT2D eigenvalue weighted by molar-refractivity contribution is 0.149. The zero-order valence-electron chi connectivity index (χ0n) is 6.56. The first-order valence-electron chi connectivity index (χ1n) is 3.47. The zero-order chi connectivity index (χ0) is 8.97. The molecule has 0 N–H and O–H groups in total. The SMILES string of the molecule is CCOC(=O)n1ncccc1=O. The lowest BCUT2D eigenvalue weighted by atomic mass is 10.6. The van der Waals surface area contributed by atoms with Gasteiger partial charge >= 0.3 is 6.09 Å². The van der Waals surface area contributed by atoms with Crippen LogP contribution < -0.4 is 5.56 Å². The van der Waals surface area contributed by atoms with Crippen LogP contribution in [-0.4, -0.2) is 22.5 Å². The summed E-state index contributed by atoms with van der Waals surface area (Å²) in [6, 6.07) is 2.70.